The van der Waals surface area contributed by atoms with Crippen LogP contribution >= 0.6 is 11.8 Å². The number of thioether (sulfide) groups is 1. The third kappa shape index (κ3) is 3.27. The maximum absolute atomic E-state index is 13.7. The zero-order chi connectivity index (χ0) is 18.3. The Morgan fingerprint density at radius 2 is 1.88 bits per heavy atom. The molecule has 26 heavy (non-hydrogen) atoms. The first-order valence-electron chi connectivity index (χ1n) is 9.17. The largest absolute Gasteiger partial charge is 0.336 e. The molecule has 0 bridgehead atoms. The zero-order valence-electron chi connectivity index (χ0n) is 14.5. The van der Waals surface area contributed by atoms with Gasteiger partial charge < -0.3 is 9.80 Å². The van der Waals surface area contributed by atoms with Crippen molar-refractivity contribution in [1.82, 2.24) is 9.80 Å². The van der Waals surface area contributed by atoms with Crippen LogP contribution in [0.25, 0.3) is 0 Å². The molecular formula is C19H22F2N2O2S. The van der Waals surface area contributed by atoms with Crippen LogP contribution in [-0.2, 0) is 4.79 Å². The Morgan fingerprint density at radius 3 is 2.65 bits per heavy atom. The first-order valence-corrected chi connectivity index (χ1v) is 10.3. The molecule has 1 aromatic rings. The van der Waals surface area contributed by atoms with Gasteiger partial charge in [0, 0.05) is 36.6 Å². The molecule has 0 saturated carbocycles. The number of halogens is 2. The third-order valence-electron chi connectivity index (χ3n) is 5.63. The number of fused-ring (bicyclic) bond motifs is 1. The van der Waals surface area contributed by atoms with E-state index in [0.717, 1.165) is 43.3 Å². The van der Waals surface area contributed by atoms with Crippen molar-refractivity contribution in [3.63, 3.8) is 0 Å². The molecule has 1 aliphatic carbocycles. The van der Waals surface area contributed by atoms with Crippen LogP contribution in [0.15, 0.2) is 12.1 Å². The van der Waals surface area contributed by atoms with E-state index >= 15 is 0 Å². The summed E-state index contributed by atoms with van der Waals surface area (Å²) in [5, 5.41) is 0. The SMILES string of the molecule is O=C1CC(C(=O)N2CCSCC2CN2CCCC2)c2cc(F)c(F)cc21. The Balaban J connectivity index is 1.56. The number of carbonyl (C=O) groups excluding carboxylic acids is 2. The van der Waals surface area contributed by atoms with Crippen LogP contribution < -0.4 is 0 Å². The molecule has 2 unspecified atom stereocenters. The normalized spacial score (nSPS) is 26.4. The number of carbonyl (C=O) groups is 2. The number of ketones is 1. The molecule has 2 heterocycles. The highest BCUT2D eigenvalue weighted by atomic mass is 32.2. The van der Waals surface area contributed by atoms with Crippen LogP contribution in [0, 0.1) is 11.6 Å². The highest BCUT2D eigenvalue weighted by molar-refractivity contribution is 7.99. The summed E-state index contributed by atoms with van der Waals surface area (Å²) in [5.74, 6) is -1.36. The highest BCUT2D eigenvalue weighted by Crippen LogP contribution is 2.37. The zero-order valence-corrected chi connectivity index (χ0v) is 15.4. The fourth-order valence-electron chi connectivity index (χ4n) is 4.28. The average Bonchev–Trinajstić information content (AvgIpc) is 3.24. The van der Waals surface area contributed by atoms with Gasteiger partial charge in [-0.25, -0.2) is 8.78 Å². The van der Waals surface area contributed by atoms with Crippen LogP contribution in [0.1, 0.15) is 41.1 Å². The lowest BCUT2D eigenvalue weighted by Crippen LogP contribution is -2.52. The van der Waals surface area contributed by atoms with Gasteiger partial charge in [0.25, 0.3) is 0 Å². The van der Waals surface area contributed by atoms with Gasteiger partial charge in [-0.05, 0) is 43.6 Å². The quantitative estimate of drug-likeness (QED) is 0.809. The molecular weight excluding hydrogens is 358 g/mol. The Labute approximate surface area is 155 Å². The maximum Gasteiger partial charge on any atom is 0.230 e. The number of rotatable bonds is 3. The highest BCUT2D eigenvalue weighted by Gasteiger charge is 2.40. The van der Waals surface area contributed by atoms with Gasteiger partial charge in [0.1, 0.15) is 0 Å². The number of hydrogen-bond acceptors (Lipinski definition) is 4. The van der Waals surface area contributed by atoms with E-state index < -0.39 is 17.6 Å². The minimum Gasteiger partial charge on any atom is -0.336 e. The molecule has 3 aliphatic rings. The van der Waals surface area contributed by atoms with Crippen molar-refractivity contribution in [2.75, 3.05) is 37.7 Å². The van der Waals surface area contributed by atoms with Gasteiger partial charge in [-0.3, -0.25) is 9.59 Å². The molecule has 1 aromatic carbocycles. The first kappa shape index (κ1) is 17.9. The summed E-state index contributed by atoms with van der Waals surface area (Å²) in [4.78, 5) is 29.7. The van der Waals surface area contributed by atoms with E-state index in [1.807, 2.05) is 16.7 Å². The molecule has 2 atom stereocenters. The standard InChI is InChI=1S/C19H22F2N2O2S/c20-16-7-13-14(8-17(16)21)18(24)9-15(13)19(25)23-5-6-26-11-12(23)10-22-3-1-2-4-22/h7-8,12,15H,1-6,9-11H2. The molecule has 0 radical (unpaired) electrons. The monoisotopic (exact) mass is 380 g/mol. The lowest BCUT2D eigenvalue weighted by atomic mass is 9.98. The molecule has 2 fully saturated rings. The fourth-order valence-corrected chi connectivity index (χ4v) is 5.33. The minimum atomic E-state index is -1.04. The summed E-state index contributed by atoms with van der Waals surface area (Å²) < 4.78 is 27.2. The second-order valence-electron chi connectivity index (χ2n) is 7.30. The molecule has 140 valence electrons. The summed E-state index contributed by atoms with van der Waals surface area (Å²) in [6.07, 6.45) is 2.41. The van der Waals surface area contributed by atoms with Gasteiger partial charge in [0.15, 0.2) is 17.4 Å². The van der Waals surface area contributed by atoms with Crippen LogP contribution in [0.3, 0.4) is 0 Å². The third-order valence-corrected chi connectivity index (χ3v) is 6.73. The molecule has 4 rings (SSSR count). The van der Waals surface area contributed by atoms with E-state index in [4.69, 9.17) is 0 Å². The number of benzene rings is 1. The Morgan fingerprint density at radius 1 is 1.15 bits per heavy atom. The summed E-state index contributed by atoms with van der Waals surface area (Å²) in [6.45, 7) is 3.63. The number of nitrogens with zero attached hydrogens (tertiary/aromatic N) is 2. The topological polar surface area (TPSA) is 40.6 Å². The van der Waals surface area contributed by atoms with E-state index in [1.54, 1.807) is 0 Å². The van der Waals surface area contributed by atoms with Crippen LogP contribution in [0.2, 0.25) is 0 Å². The Hall–Kier alpha value is -1.47. The summed E-state index contributed by atoms with van der Waals surface area (Å²) in [7, 11) is 0. The van der Waals surface area contributed by atoms with E-state index in [0.29, 0.717) is 12.1 Å². The van der Waals surface area contributed by atoms with Crippen molar-refractivity contribution in [2.24, 2.45) is 0 Å². The van der Waals surface area contributed by atoms with Crippen molar-refractivity contribution in [2.45, 2.75) is 31.2 Å². The molecule has 2 aliphatic heterocycles. The van der Waals surface area contributed by atoms with Crippen molar-refractivity contribution >= 4 is 23.5 Å². The van der Waals surface area contributed by atoms with Gasteiger partial charge in [-0.1, -0.05) is 0 Å². The van der Waals surface area contributed by atoms with E-state index in [2.05, 4.69) is 4.90 Å². The van der Waals surface area contributed by atoms with E-state index in [9.17, 15) is 18.4 Å². The average molecular weight is 380 g/mol. The fraction of sp³-hybridized carbons (Fsp3) is 0.579. The second kappa shape index (κ2) is 7.27. The smallest absolute Gasteiger partial charge is 0.230 e. The number of likely N-dealkylation sites (tertiary alicyclic amines) is 1. The Kier molecular flexibility index (Phi) is 5.01. The van der Waals surface area contributed by atoms with Gasteiger partial charge in [0.2, 0.25) is 5.91 Å². The number of amides is 1. The summed E-state index contributed by atoms with van der Waals surface area (Å²) in [6, 6.07) is 2.09. The molecule has 2 saturated heterocycles. The van der Waals surface area contributed by atoms with Crippen molar-refractivity contribution in [3.8, 4) is 0 Å². The number of hydrogen-bond donors (Lipinski definition) is 0. The van der Waals surface area contributed by atoms with E-state index in [1.165, 1.54) is 12.8 Å². The van der Waals surface area contributed by atoms with Crippen LogP contribution in [0.5, 0.6) is 0 Å². The summed E-state index contributed by atoms with van der Waals surface area (Å²) in [5.41, 5.74) is 0.502. The first-order chi connectivity index (χ1) is 12.5. The maximum atomic E-state index is 13.7. The van der Waals surface area contributed by atoms with Crippen molar-refractivity contribution in [3.05, 3.63) is 34.9 Å². The minimum absolute atomic E-state index is 0.0110. The van der Waals surface area contributed by atoms with Crippen molar-refractivity contribution in [1.29, 1.82) is 0 Å². The molecule has 0 aromatic heterocycles. The van der Waals surface area contributed by atoms with Gasteiger partial charge in [-0.15, -0.1) is 0 Å². The molecule has 7 heteroatoms. The Bertz CT molecular complexity index is 736. The summed E-state index contributed by atoms with van der Waals surface area (Å²) >= 11 is 1.84. The predicted octanol–water partition coefficient (Wildman–Crippen LogP) is 2.67. The lowest BCUT2D eigenvalue weighted by molar-refractivity contribution is -0.134. The predicted molar refractivity (Wildman–Crippen MR) is 96.5 cm³/mol. The molecule has 1 amide bonds. The second-order valence-corrected chi connectivity index (χ2v) is 8.45. The van der Waals surface area contributed by atoms with Crippen molar-refractivity contribution < 1.29 is 18.4 Å². The van der Waals surface area contributed by atoms with Gasteiger partial charge in [-0.2, -0.15) is 11.8 Å². The van der Waals surface area contributed by atoms with Crippen LogP contribution in [0.4, 0.5) is 8.78 Å². The molecule has 0 N–H and O–H groups in total. The van der Waals surface area contributed by atoms with Gasteiger partial charge in [0.05, 0.1) is 12.0 Å². The van der Waals surface area contributed by atoms with E-state index in [-0.39, 0.29) is 29.7 Å². The van der Waals surface area contributed by atoms with Gasteiger partial charge >= 0.3 is 0 Å². The number of Topliss-reactive ketones (excluding diaryl/α,β-unsaturated/α-hetero) is 1. The molecule has 0 spiro atoms. The van der Waals surface area contributed by atoms with Crippen LogP contribution in [-0.4, -0.2) is 65.2 Å². The molecule has 4 nitrogen and oxygen atoms in total. The lowest BCUT2D eigenvalue weighted by Gasteiger charge is -2.39.